The van der Waals surface area contributed by atoms with Crippen molar-refractivity contribution in [1.82, 2.24) is 10.1 Å². The first-order chi connectivity index (χ1) is 11.3. The minimum atomic E-state index is 0.0651. The average molecular weight is 310 g/mol. The third-order valence-corrected chi connectivity index (χ3v) is 5.10. The van der Waals surface area contributed by atoms with Gasteiger partial charge in [0.15, 0.2) is 5.69 Å². The van der Waals surface area contributed by atoms with Crippen LogP contribution in [-0.4, -0.2) is 28.6 Å². The van der Waals surface area contributed by atoms with Crippen molar-refractivity contribution in [3.63, 3.8) is 0 Å². The number of likely N-dealkylation sites (tertiary alicyclic amines) is 1. The lowest BCUT2D eigenvalue weighted by molar-refractivity contribution is 0.0725. The molecule has 120 valence electrons. The summed E-state index contributed by atoms with van der Waals surface area (Å²) in [4.78, 5) is 15.0. The lowest BCUT2D eigenvalue weighted by Gasteiger charge is -2.24. The molecule has 0 spiro atoms. The Bertz CT molecular complexity index is 693. The fourth-order valence-electron chi connectivity index (χ4n) is 3.89. The van der Waals surface area contributed by atoms with Gasteiger partial charge in [-0.25, -0.2) is 0 Å². The Kier molecular flexibility index (Phi) is 3.90. The number of hydrogen-bond acceptors (Lipinski definition) is 3. The Hall–Kier alpha value is -2.10. The van der Waals surface area contributed by atoms with Gasteiger partial charge in [-0.05, 0) is 44.1 Å². The Morgan fingerprint density at radius 3 is 2.87 bits per heavy atom. The highest BCUT2D eigenvalue weighted by atomic mass is 16.5. The van der Waals surface area contributed by atoms with E-state index in [-0.39, 0.29) is 11.9 Å². The molecule has 0 unspecified atom stereocenters. The van der Waals surface area contributed by atoms with Gasteiger partial charge in [0.05, 0.1) is 0 Å². The van der Waals surface area contributed by atoms with Gasteiger partial charge in [0.1, 0.15) is 5.76 Å². The number of carbonyl (C=O) groups is 1. The summed E-state index contributed by atoms with van der Waals surface area (Å²) in [7, 11) is 0. The number of aromatic nitrogens is 1. The largest absolute Gasteiger partial charge is 0.360 e. The Morgan fingerprint density at radius 1 is 1.17 bits per heavy atom. The number of aryl methyl sites for hydroxylation is 1. The van der Waals surface area contributed by atoms with Crippen molar-refractivity contribution in [1.29, 1.82) is 0 Å². The highest BCUT2D eigenvalue weighted by Crippen LogP contribution is 2.28. The molecule has 23 heavy (non-hydrogen) atoms. The zero-order chi connectivity index (χ0) is 15.6. The molecule has 1 fully saturated rings. The molecular formula is C19H22N2O2. The molecule has 1 aromatic carbocycles. The van der Waals surface area contributed by atoms with Crippen LogP contribution in [-0.2, 0) is 19.3 Å². The Morgan fingerprint density at radius 2 is 2.00 bits per heavy atom. The number of amides is 1. The number of fused-ring (bicyclic) bond motifs is 1. The monoisotopic (exact) mass is 310 g/mol. The summed E-state index contributed by atoms with van der Waals surface area (Å²) in [6, 6.07) is 10.7. The molecule has 4 rings (SSSR count). The van der Waals surface area contributed by atoms with Gasteiger partial charge in [0.25, 0.3) is 5.91 Å². The molecule has 0 bridgehead atoms. The fourth-order valence-corrected chi connectivity index (χ4v) is 3.89. The van der Waals surface area contributed by atoms with Crippen LogP contribution in [0.5, 0.6) is 0 Å². The molecular weight excluding hydrogens is 288 g/mol. The average Bonchev–Trinajstić information content (AvgIpc) is 3.22. The summed E-state index contributed by atoms with van der Waals surface area (Å²) in [5.41, 5.74) is 2.92. The molecule has 1 amide bonds. The van der Waals surface area contributed by atoms with Crippen molar-refractivity contribution in [3.05, 3.63) is 52.9 Å². The van der Waals surface area contributed by atoms with Gasteiger partial charge in [-0.3, -0.25) is 4.79 Å². The van der Waals surface area contributed by atoms with Gasteiger partial charge in [0, 0.05) is 24.6 Å². The smallest absolute Gasteiger partial charge is 0.276 e. The number of rotatable bonds is 3. The quantitative estimate of drug-likeness (QED) is 0.873. The summed E-state index contributed by atoms with van der Waals surface area (Å²) >= 11 is 0. The maximum Gasteiger partial charge on any atom is 0.276 e. The van der Waals surface area contributed by atoms with Gasteiger partial charge < -0.3 is 9.42 Å². The number of carbonyl (C=O) groups excluding carboxylic acids is 1. The fraction of sp³-hybridized carbons (Fsp3) is 0.474. The molecule has 2 aromatic rings. The van der Waals surface area contributed by atoms with Crippen molar-refractivity contribution >= 4 is 5.91 Å². The lowest BCUT2D eigenvalue weighted by atomic mass is 9.96. The van der Waals surface area contributed by atoms with Gasteiger partial charge in [-0.1, -0.05) is 35.5 Å². The SMILES string of the molecule is O=C(c1noc2c1CCCC2)N1CCC[C@H]1Cc1ccccc1. The molecule has 0 N–H and O–H groups in total. The maximum atomic E-state index is 13.0. The maximum absolute atomic E-state index is 13.0. The summed E-state index contributed by atoms with van der Waals surface area (Å²) < 4.78 is 5.42. The molecule has 2 aliphatic rings. The van der Waals surface area contributed by atoms with Crippen LogP contribution < -0.4 is 0 Å². The van der Waals surface area contributed by atoms with Crippen LogP contribution in [0.25, 0.3) is 0 Å². The van der Waals surface area contributed by atoms with E-state index < -0.39 is 0 Å². The van der Waals surface area contributed by atoms with E-state index in [0.29, 0.717) is 5.69 Å². The number of hydrogen-bond donors (Lipinski definition) is 0. The Balaban J connectivity index is 1.54. The van der Waals surface area contributed by atoms with Crippen LogP contribution in [0.15, 0.2) is 34.9 Å². The van der Waals surface area contributed by atoms with E-state index in [2.05, 4.69) is 29.4 Å². The van der Waals surface area contributed by atoms with E-state index in [1.807, 2.05) is 11.0 Å². The Labute approximate surface area is 136 Å². The molecule has 4 heteroatoms. The van der Waals surface area contributed by atoms with Crippen LogP contribution in [0.2, 0.25) is 0 Å². The second kappa shape index (κ2) is 6.19. The van der Waals surface area contributed by atoms with Crippen molar-refractivity contribution in [2.24, 2.45) is 0 Å². The first-order valence-corrected chi connectivity index (χ1v) is 8.65. The molecule has 2 heterocycles. The van der Waals surface area contributed by atoms with Crippen molar-refractivity contribution in [2.45, 2.75) is 51.0 Å². The molecule has 1 aliphatic heterocycles. The van der Waals surface area contributed by atoms with Crippen LogP contribution in [0.3, 0.4) is 0 Å². The third-order valence-electron chi connectivity index (χ3n) is 5.10. The van der Waals surface area contributed by atoms with Crippen LogP contribution in [0.4, 0.5) is 0 Å². The van der Waals surface area contributed by atoms with Crippen molar-refractivity contribution < 1.29 is 9.32 Å². The first-order valence-electron chi connectivity index (χ1n) is 8.65. The molecule has 1 atom stereocenters. The predicted octanol–water partition coefficient (Wildman–Crippen LogP) is 3.40. The van der Waals surface area contributed by atoms with Crippen LogP contribution in [0.1, 0.15) is 53.1 Å². The van der Waals surface area contributed by atoms with Gasteiger partial charge in [-0.15, -0.1) is 0 Å². The van der Waals surface area contributed by atoms with E-state index in [0.717, 1.165) is 62.8 Å². The highest BCUT2D eigenvalue weighted by molar-refractivity contribution is 5.94. The van der Waals surface area contributed by atoms with Gasteiger partial charge in [-0.2, -0.15) is 0 Å². The summed E-state index contributed by atoms with van der Waals surface area (Å²) in [5.74, 6) is 0.994. The number of benzene rings is 1. The molecule has 4 nitrogen and oxygen atoms in total. The van der Waals surface area contributed by atoms with E-state index in [9.17, 15) is 4.79 Å². The topological polar surface area (TPSA) is 46.3 Å². The van der Waals surface area contributed by atoms with E-state index in [4.69, 9.17) is 4.52 Å². The second-order valence-electron chi connectivity index (χ2n) is 6.62. The summed E-state index contributed by atoms with van der Waals surface area (Å²) in [6.45, 7) is 0.831. The molecule has 1 saturated heterocycles. The normalized spacial score (nSPS) is 20.5. The molecule has 1 aromatic heterocycles. The predicted molar refractivity (Wildman–Crippen MR) is 87.3 cm³/mol. The van der Waals surface area contributed by atoms with Gasteiger partial charge >= 0.3 is 0 Å². The third kappa shape index (κ3) is 2.78. The van der Waals surface area contributed by atoms with Crippen LogP contribution >= 0.6 is 0 Å². The van der Waals surface area contributed by atoms with Crippen molar-refractivity contribution in [3.8, 4) is 0 Å². The minimum Gasteiger partial charge on any atom is -0.360 e. The second-order valence-corrected chi connectivity index (χ2v) is 6.62. The van der Waals surface area contributed by atoms with E-state index in [1.54, 1.807) is 0 Å². The standard InChI is InChI=1S/C19H22N2O2/c22-19(18-16-10-4-5-11-17(16)23-20-18)21-12-6-9-15(21)13-14-7-2-1-3-8-14/h1-3,7-8,15H,4-6,9-13H2/t15-/m0/s1. The van der Waals surface area contributed by atoms with Crippen molar-refractivity contribution in [2.75, 3.05) is 6.54 Å². The zero-order valence-corrected chi connectivity index (χ0v) is 13.3. The van der Waals surface area contributed by atoms with Crippen LogP contribution in [0, 0.1) is 0 Å². The number of nitrogens with zero attached hydrogens (tertiary/aromatic N) is 2. The summed E-state index contributed by atoms with van der Waals surface area (Å²) in [5, 5.41) is 4.12. The minimum absolute atomic E-state index is 0.0651. The molecule has 0 radical (unpaired) electrons. The van der Waals surface area contributed by atoms with Gasteiger partial charge in [0.2, 0.25) is 0 Å². The first kappa shape index (κ1) is 14.5. The van der Waals surface area contributed by atoms with E-state index >= 15 is 0 Å². The molecule has 1 aliphatic carbocycles. The lowest BCUT2D eigenvalue weighted by Crippen LogP contribution is -2.37. The zero-order valence-electron chi connectivity index (χ0n) is 13.3. The van der Waals surface area contributed by atoms with E-state index in [1.165, 1.54) is 5.56 Å². The highest BCUT2D eigenvalue weighted by Gasteiger charge is 2.33. The summed E-state index contributed by atoms with van der Waals surface area (Å²) in [6.07, 6.45) is 7.18. The molecule has 0 saturated carbocycles.